The molecule has 3 nitrogen and oxygen atoms in total. The second-order valence-electron chi connectivity index (χ2n) is 5.00. The smallest absolute Gasteiger partial charge is 0.119 e. The van der Waals surface area contributed by atoms with Gasteiger partial charge in [0.15, 0.2) is 0 Å². The van der Waals surface area contributed by atoms with Gasteiger partial charge >= 0.3 is 0 Å². The summed E-state index contributed by atoms with van der Waals surface area (Å²) >= 11 is 0. The van der Waals surface area contributed by atoms with E-state index in [2.05, 4.69) is 29.4 Å². The van der Waals surface area contributed by atoms with Gasteiger partial charge in [0.1, 0.15) is 5.75 Å². The van der Waals surface area contributed by atoms with Gasteiger partial charge in [0.25, 0.3) is 0 Å². The Bertz CT molecular complexity index is 662. The normalized spacial score (nSPS) is 15.9. The summed E-state index contributed by atoms with van der Waals surface area (Å²) in [5.41, 5.74) is 5.43. The number of rotatable bonds is 2. The van der Waals surface area contributed by atoms with E-state index in [1.54, 1.807) is 7.11 Å². The fourth-order valence-electron chi connectivity index (χ4n) is 2.75. The summed E-state index contributed by atoms with van der Waals surface area (Å²) in [5.74, 6) is 0.859. The van der Waals surface area contributed by atoms with Crippen molar-refractivity contribution >= 4 is 5.71 Å². The Labute approximate surface area is 118 Å². The van der Waals surface area contributed by atoms with Crippen LogP contribution in [0.2, 0.25) is 0 Å². The van der Waals surface area contributed by atoms with Crippen molar-refractivity contribution in [3.05, 3.63) is 53.6 Å². The lowest BCUT2D eigenvalue weighted by Crippen LogP contribution is -2.11. The van der Waals surface area contributed by atoms with Gasteiger partial charge in [-0.3, -0.25) is 0 Å². The van der Waals surface area contributed by atoms with Crippen molar-refractivity contribution in [2.45, 2.75) is 19.3 Å². The second kappa shape index (κ2) is 5.37. The van der Waals surface area contributed by atoms with Gasteiger partial charge in [0.05, 0.1) is 12.8 Å². The van der Waals surface area contributed by atoms with E-state index in [-0.39, 0.29) is 0 Å². The van der Waals surface area contributed by atoms with Crippen molar-refractivity contribution in [3.63, 3.8) is 0 Å². The summed E-state index contributed by atoms with van der Waals surface area (Å²) in [6.07, 6.45) is 2.92. The minimum Gasteiger partial charge on any atom is -0.497 e. The third-order valence-corrected chi connectivity index (χ3v) is 3.80. The maximum Gasteiger partial charge on any atom is 0.119 e. The summed E-state index contributed by atoms with van der Waals surface area (Å²) in [6, 6.07) is 14.4. The molecule has 0 bridgehead atoms. The SMILES string of the molecule is COc1cccc(-c2ccc3c(c2)CCC/C3=N\O)c1. The zero-order valence-corrected chi connectivity index (χ0v) is 11.5. The maximum absolute atomic E-state index is 9.06. The Morgan fingerprint density at radius 1 is 1.05 bits per heavy atom. The molecule has 0 unspecified atom stereocenters. The van der Waals surface area contributed by atoms with Crippen molar-refractivity contribution in [2.24, 2.45) is 5.16 Å². The molecule has 0 saturated carbocycles. The van der Waals surface area contributed by atoms with E-state index in [1.807, 2.05) is 18.2 Å². The summed E-state index contributed by atoms with van der Waals surface area (Å²) in [4.78, 5) is 0. The van der Waals surface area contributed by atoms with Crippen LogP contribution in [0.4, 0.5) is 0 Å². The molecular formula is C17H17NO2. The predicted octanol–water partition coefficient (Wildman–Crippen LogP) is 3.88. The van der Waals surface area contributed by atoms with Crippen LogP contribution in [0.1, 0.15) is 24.0 Å². The van der Waals surface area contributed by atoms with Crippen LogP contribution in [0, 0.1) is 0 Å². The third-order valence-electron chi connectivity index (χ3n) is 3.80. The van der Waals surface area contributed by atoms with E-state index < -0.39 is 0 Å². The second-order valence-corrected chi connectivity index (χ2v) is 5.00. The van der Waals surface area contributed by atoms with Crippen molar-refractivity contribution in [1.29, 1.82) is 0 Å². The Morgan fingerprint density at radius 2 is 1.90 bits per heavy atom. The van der Waals surface area contributed by atoms with E-state index in [0.29, 0.717) is 0 Å². The largest absolute Gasteiger partial charge is 0.497 e. The van der Waals surface area contributed by atoms with Crippen LogP contribution < -0.4 is 4.74 Å². The van der Waals surface area contributed by atoms with Gasteiger partial charge in [-0.1, -0.05) is 35.5 Å². The lowest BCUT2D eigenvalue weighted by atomic mass is 9.88. The summed E-state index contributed by atoms with van der Waals surface area (Å²) in [5, 5.41) is 12.5. The number of hydrogen-bond donors (Lipinski definition) is 1. The highest BCUT2D eigenvalue weighted by Gasteiger charge is 2.16. The lowest BCUT2D eigenvalue weighted by molar-refractivity contribution is 0.317. The van der Waals surface area contributed by atoms with Crippen LogP contribution in [0.15, 0.2) is 47.6 Å². The number of aryl methyl sites for hydroxylation is 1. The Hall–Kier alpha value is -2.29. The number of nitrogens with zero attached hydrogens (tertiary/aromatic N) is 1. The molecule has 2 aromatic rings. The molecule has 3 rings (SSSR count). The molecule has 1 N–H and O–H groups in total. The van der Waals surface area contributed by atoms with Crippen molar-refractivity contribution in [1.82, 2.24) is 0 Å². The molecule has 0 heterocycles. The van der Waals surface area contributed by atoms with Gasteiger partial charge in [-0.15, -0.1) is 0 Å². The van der Waals surface area contributed by atoms with E-state index in [4.69, 9.17) is 9.94 Å². The number of fused-ring (bicyclic) bond motifs is 1. The molecule has 2 aromatic carbocycles. The Balaban J connectivity index is 2.04. The van der Waals surface area contributed by atoms with Crippen molar-refractivity contribution < 1.29 is 9.94 Å². The maximum atomic E-state index is 9.06. The van der Waals surface area contributed by atoms with Crippen LogP contribution in [-0.2, 0) is 6.42 Å². The first-order chi connectivity index (χ1) is 9.81. The zero-order chi connectivity index (χ0) is 13.9. The summed E-state index contributed by atoms with van der Waals surface area (Å²) in [7, 11) is 1.68. The molecule has 102 valence electrons. The summed E-state index contributed by atoms with van der Waals surface area (Å²) < 4.78 is 5.27. The molecule has 0 aromatic heterocycles. The number of ether oxygens (including phenoxy) is 1. The molecule has 1 aliphatic carbocycles. The highest BCUT2D eigenvalue weighted by Crippen LogP contribution is 2.29. The summed E-state index contributed by atoms with van der Waals surface area (Å²) in [6.45, 7) is 0. The molecule has 0 amide bonds. The quantitative estimate of drug-likeness (QED) is 0.662. The zero-order valence-electron chi connectivity index (χ0n) is 11.5. The molecule has 0 spiro atoms. The molecule has 0 aliphatic heterocycles. The van der Waals surface area contributed by atoms with Crippen LogP contribution in [0.25, 0.3) is 11.1 Å². The monoisotopic (exact) mass is 267 g/mol. The standard InChI is InChI=1S/C17H17NO2/c1-20-15-6-2-4-12(11-15)13-8-9-16-14(10-13)5-3-7-17(16)18-19/h2,4,6,8-11,19H,3,5,7H2,1H3/b18-17+. The van der Waals surface area contributed by atoms with Gasteiger partial charge in [0, 0.05) is 5.56 Å². The lowest BCUT2D eigenvalue weighted by Gasteiger charge is -2.18. The van der Waals surface area contributed by atoms with Gasteiger partial charge in [-0.25, -0.2) is 0 Å². The van der Waals surface area contributed by atoms with Crippen molar-refractivity contribution in [2.75, 3.05) is 7.11 Å². The minimum atomic E-state index is 0.795. The number of benzene rings is 2. The Morgan fingerprint density at radius 3 is 2.70 bits per heavy atom. The van der Waals surface area contributed by atoms with E-state index in [9.17, 15) is 0 Å². The van der Waals surface area contributed by atoms with Gasteiger partial charge in [-0.2, -0.15) is 0 Å². The van der Waals surface area contributed by atoms with Crippen LogP contribution >= 0.6 is 0 Å². The first-order valence-electron chi connectivity index (χ1n) is 6.80. The number of oxime groups is 1. The van der Waals surface area contributed by atoms with E-state index in [1.165, 1.54) is 11.1 Å². The third kappa shape index (κ3) is 2.27. The molecule has 20 heavy (non-hydrogen) atoms. The molecule has 0 fully saturated rings. The molecule has 0 radical (unpaired) electrons. The first-order valence-corrected chi connectivity index (χ1v) is 6.80. The fraction of sp³-hybridized carbons (Fsp3) is 0.235. The highest BCUT2D eigenvalue weighted by molar-refractivity contribution is 6.02. The molecule has 0 saturated heterocycles. The van der Waals surface area contributed by atoms with E-state index >= 15 is 0 Å². The average molecular weight is 267 g/mol. The average Bonchev–Trinajstić information content (AvgIpc) is 2.53. The molecule has 3 heteroatoms. The molecule has 0 atom stereocenters. The number of hydrogen-bond acceptors (Lipinski definition) is 3. The van der Waals surface area contributed by atoms with Gasteiger partial charge in [-0.05, 0) is 48.1 Å². The fourth-order valence-corrected chi connectivity index (χ4v) is 2.75. The minimum absolute atomic E-state index is 0.795. The molecular weight excluding hydrogens is 250 g/mol. The predicted molar refractivity (Wildman–Crippen MR) is 79.7 cm³/mol. The van der Waals surface area contributed by atoms with Crippen LogP contribution in [0.5, 0.6) is 5.75 Å². The van der Waals surface area contributed by atoms with Crippen molar-refractivity contribution in [3.8, 4) is 16.9 Å². The van der Waals surface area contributed by atoms with Crippen LogP contribution in [0.3, 0.4) is 0 Å². The van der Waals surface area contributed by atoms with E-state index in [0.717, 1.165) is 41.9 Å². The van der Waals surface area contributed by atoms with Gasteiger partial charge in [0.2, 0.25) is 0 Å². The topological polar surface area (TPSA) is 41.8 Å². The van der Waals surface area contributed by atoms with Crippen LogP contribution in [-0.4, -0.2) is 18.0 Å². The number of methoxy groups -OCH3 is 1. The van der Waals surface area contributed by atoms with Gasteiger partial charge < -0.3 is 9.94 Å². The highest BCUT2D eigenvalue weighted by atomic mass is 16.5. The molecule has 1 aliphatic rings. The first kappa shape index (κ1) is 12.7. The Kier molecular flexibility index (Phi) is 3.42.